The summed E-state index contributed by atoms with van der Waals surface area (Å²) >= 11 is 0. The van der Waals surface area contributed by atoms with Crippen molar-refractivity contribution < 1.29 is 44.3 Å². The van der Waals surface area contributed by atoms with Crippen LogP contribution in [0.2, 0.25) is 0 Å². The number of carbonyl (C=O) groups is 2. The molecule has 5 nitrogen and oxygen atoms in total. The average molecular weight is 364 g/mol. The van der Waals surface area contributed by atoms with Crippen LogP contribution in [0.1, 0.15) is 56.9 Å². The summed E-state index contributed by atoms with van der Waals surface area (Å²) in [5, 5.41) is 14.8. The molecular formula is C20H25N2NaO3. The summed E-state index contributed by atoms with van der Waals surface area (Å²) in [6, 6.07) is 8.98. The number of imide groups is 1. The molecule has 0 radical (unpaired) electrons. The number of hydrogen-bond acceptors (Lipinski definition) is 3. The molecule has 2 aliphatic rings. The number of hydrogen-bond donors (Lipinski definition) is 1. The zero-order chi connectivity index (χ0) is 17.7. The first-order valence-electron chi connectivity index (χ1n) is 9.26. The second-order valence-electron chi connectivity index (χ2n) is 7.29. The van der Waals surface area contributed by atoms with E-state index in [1.54, 1.807) is 0 Å². The predicted molar refractivity (Wildman–Crippen MR) is 94.0 cm³/mol. The molecule has 1 atom stereocenters. The van der Waals surface area contributed by atoms with Crippen LogP contribution in [-0.2, 0) is 11.2 Å². The maximum absolute atomic E-state index is 12.6. The van der Waals surface area contributed by atoms with E-state index in [9.17, 15) is 14.7 Å². The molecule has 3 amide bonds. The summed E-state index contributed by atoms with van der Waals surface area (Å²) in [7, 11) is 0. The molecule has 134 valence electrons. The molecule has 1 fully saturated rings. The number of carbonyl (C=O) groups excluding carboxylic acids is 2. The number of benzene rings is 1. The third kappa shape index (κ3) is 4.96. The second-order valence-corrected chi connectivity index (χ2v) is 7.29. The van der Waals surface area contributed by atoms with Gasteiger partial charge in [-0.15, -0.1) is 0 Å². The van der Waals surface area contributed by atoms with Crippen molar-refractivity contribution in [2.45, 2.75) is 57.8 Å². The summed E-state index contributed by atoms with van der Waals surface area (Å²) in [6.45, 7) is 0. The van der Waals surface area contributed by atoms with E-state index in [2.05, 4.69) is 10.3 Å². The van der Waals surface area contributed by atoms with Crippen molar-refractivity contribution in [3.8, 4) is 0 Å². The van der Waals surface area contributed by atoms with Gasteiger partial charge in [-0.05, 0) is 43.1 Å². The number of nitrogens with one attached hydrogen (secondary N) is 1. The van der Waals surface area contributed by atoms with E-state index in [0.29, 0.717) is 25.2 Å². The van der Waals surface area contributed by atoms with Crippen LogP contribution in [0.5, 0.6) is 0 Å². The van der Waals surface area contributed by atoms with Crippen LogP contribution in [0, 0.1) is 11.3 Å². The Hall–Kier alpha value is -1.17. The van der Waals surface area contributed by atoms with Gasteiger partial charge in [-0.25, -0.2) is 9.79 Å². The Morgan fingerprint density at radius 2 is 1.77 bits per heavy atom. The number of nitrogens with zero attached hydrogens (tertiary/aromatic N) is 1. The van der Waals surface area contributed by atoms with E-state index in [4.69, 9.17) is 0 Å². The van der Waals surface area contributed by atoms with Gasteiger partial charge in [0.2, 0.25) is 5.91 Å². The van der Waals surface area contributed by atoms with Crippen LogP contribution in [0.25, 0.3) is 0 Å². The molecule has 0 saturated heterocycles. The first-order chi connectivity index (χ1) is 12.1. The second kappa shape index (κ2) is 9.67. The van der Waals surface area contributed by atoms with E-state index in [1.165, 1.54) is 32.1 Å². The zero-order valence-corrected chi connectivity index (χ0v) is 17.5. The first-order valence-corrected chi connectivity index (χ1v) is 9.26. The third-order valence-corrected chi connectivity index (χ3v) is 5.65. The van der Waals surface area contributed by atoms with Gasteiger partial charge in [-0.1, -0.05) is 62.4 Å². The van der Waals surface area contributed by atoms with Gasteiger partial charge in [0.25, 0.3) is 0 Å². The Bertz CT molecular complexity index is 656. The van der Waals surface area contributed by atoms with Crippen LogP contribution < -0.4 is 40.0 Å². The number of amides is 3. The van der Waals surface area contributed by atoms with E-state index < -0.39 is 23.3 Å². The molecule has 1 heterocycles. The van der Waals surface area contributed by atoms with Gasteiger partial charge in [-0.3, -0.25) is 10.1 Å². The van der Waals surface area contributed by atoms with Crippen molar-refractivity contribution in [1.29, 1.82) is 0 Å². The van der Waals surface area contributed by atoms with E-state index in [-0.39, 0.29) is 29.6 Å². The van der Waals surface area contributed by atoms with Gasteiger partial charge in [0.15, 0.2) is 0 Å². The van der Waals surface area contributed by atoms with Crippen LogP contribution in [0.15, 0.2) is 35.3 Å². The zero-order valence-electron chi connectivity index (χ0n) is 15.5. The first kappa shape index (κ1) is 21.1. The summed E-state index contributed by atoms with van der Waals surface area (Å²) in [4.78, 5) is 27.6. The fourth-order valence-corrected chi connectivity index (χ4v) is 4.04. The van der Waals surface area contributed by atoms with Crippen molar-refractivity contribution in [2.24, 2.45) is 16.3 Å². The van der Waals surface area contributed by atoms with E-state index >= 15 is 0 Å². The molecule has 6 heteroatoms. The molecule has 26 heavy (non-hydrogen) atoms. The monoisotopic (exact) mass is 364 g/mol. The molecule has 1 aliphatic heterocycles. The van der Waals surface area contributed by atoms with Crippen molar-refractivity contribution in [3.05, 3.63) is 35.9 Å². The van der Waals surface area contributed by atoms with Crippen molar-refractivity contribution in [1.82, 2.24) is 5.32 Å². The van der Waals surface area contributed by atoms with E-state index in [1.807, 2.05) is 30.3 Å². The Kier molecular flexibility index (Phi) is 7.86. The number of urea groups is 1. The molecule has 3 rings (SSSR count). The molecular weight excluding hydrogens is 339 g/mol. The number of aliphatic imine (C=N–C) groups is 1. The summed E-state index contributed by atoms with van der Waals surface area (Å²) in [5.41, 5.74) is -0.113. The van der Waals surface area contributed by atoms with Crippen LogP contribution >= 0.6 is 0 Å². The van der Waals surface area contributed by atoms with Crippen molar-refractivity contribution in [2.75, 3.05) is 0 Å². The normalized spacial score (nSPS) is 23.8. The SMILES string of the molecule is O=C1N=C([O-])C(CCc2ccccc2)(CCC2CCCCC2)C(=O)N1.[Na+]. The summed E-state index contributed by atoms with van der Waals surface area (Å²) in [6.07, 6.45) is 8.40. The molecule has 1 aromatic rings. The Balaban J connectivity index is 0.00000243. The minimum atomic E-state index is -1.19. The Morgan fingerprint density at radius 3 is 2.42 bits per heavy atom. The fourth-order valence-electron chi connectivity index (χ4n) is 4.04. The standard InChI is InChI=1S/C20H26N2O3.Na/c23-17-20(18(24)22-19(25)21-17,13-11-15-7-3-1-4-8-15)14-12-16-9-5-2-6-10-16;/h1,3-4,7-8,16H,2,5-6,9-14H2,(H2,21,22,23,24,25);/q;+1/p-1. The van der Waals surface area contributed by atoms with Gasteiger partial charge in [0.05, 0.1) is 5.41 Å². The predicted octanol–water partition coefficient (Wildman–Crippen LogP) is -0.0213. The summed E-state index contributed by atoms with van der Waals surface area (Å²) < 4.78 is 0. The van der Waals surface area contributed by atoms with Crippen LogP contribution in [0.3, 0.4) is 0 Å². The third-order valence-electron chi connectivity index (χ3n) is 5.65. The van der Waals surface area contributed by atoms with Crippen LogP contribution in [-0.4, -0.2) is 17.8 Å². The largest absolute Gasteiger partial charge is 1.00 e. The van der Waals surface area contributed by atoms with Gasteiger partial charge in [0.1, 0.15) is 0 Å². The smallest absolute Gasteiger partial charge is 0.861 e. The Morgan fingerprint density at radius 1 is 1.08 bits per heavy atom. The molecule has 0 aromatic heterocycles. The fraction of sp³-hybridized carbons (Fsp3) is 0.550. The maximum Gasteiger partial charge on any atom is 1.00 e. The number of aryl methyl sites for hydroxylation is 1. The van der Waals surface area contributed by atoms with Crippen LogP contribution in [0.4, 0.5) is 4.79 Å². The summed E-state index contributed by atoms with van der Waals surface area (Å²) in [5.74, 6) is -0.460. The molecule has 1 N–H and O–H groups in total. The van der Waals surface area contributed by atoms with Gasteiger partial charge in [0, 0.05) is 0 Å². The quantitative estimate of drug-likeness (QED) is 0.720. The molecule has 1 aliphatic carbocycles. The van der Waals surface area contributed by atoms with Gasteiger partial charge >= 0.3 is 35.6 Å². The minimum absolute atomic E-state index is 0. The molecule has 1 saturated carbocycles. The molecule has 0 spiro atoms. The maximum atomic E-state index is 12.6. The average Bonchev–Trinajstić information content (AvgIpc) is 2.62. The topological polar surface area (TPSA) is 81.6 Å². The van der Waals surface area contributed by atoms with Crippen molar-refractivity contribution >= 4 is 17.8 Å². The number of rotatable bonds is 6. The van der Waals surface area contributed by atoms with E-state index in [0.717, 1.165) is 12.0 Å². The Labute approximate surface area is 177 Å². The molecule has 1 aromatic carbocycles. The molecule has 0 bridgehead atoms. The van der Waals surface area contributed by atoms with Gasteiger partial charge in [-0.2, -0.15) is 0 Å². The van der Waals surface area contributed by atoms with Crippen molar-refractivity contribution in [3.63, 3.8) is 0 Å². The van der Waals surface area contributed by atoms with Gasteiger partial charge < -0.3 is 5.11 Å². The minimum Gasteiger partial charge on any atom is -0.861 e. The molecule has 1 unspecified atom stereocenters.